The lowest BCUT2D eigenvalue weighted by molar-refractivity contribution is -0.142. The SMILES string of the molecule is CC(=O)c1ccc(OCC(=O)N2C[C@H](C(=O)O)[C@@H](c3ccncc3)C2)cc1. The number of pyridine rings is 1. The highest BCUT2D eigenvalue weighted by atomic mass is 16.5. The first-order chi connectivity index (χ1) is 13.0. The first-order valence-electron chi connectivity index (χ1n) is 8.60. The van der Waals surface area contributed by atoms with Crippen molar-refractivity contribution in [2.45, 2.75) is 12.8 Å². The molecule has 2 atom stereocenters. The molecule has 0 unspecified atom stereocenters. The average Bonchev–Trinajstić information content (AvgIpc) is 3.13. The van der Waals surface area contributed by atoms with Crippen molar-refractivity contribution in [2.75, 3.05) is 19.7 Å². The normalized spacial score (nSPS) is 18.9. The summed E-state index contributed by atoms with van der Waals surface area (Å²) in [6.07, 6.45) is 3.24. The van der Waals surface area contributed by atoms with Crippen LogP contribution in [0.3, 0.4) is 0 Å². The van der Waals surface area contributed by atoms with Gasteiger partial charge in [0.15, 0.2) is 12.4 Å². The van der Waals surface area contributed by atoms with Gasteiger partial charge in [-0.15, -0.1) is 0 Å². The van der Waals surface area contributed by atoms with Crippen LogP contribution in [-0.2, 0) is 9.59 Å². The summed E-state index contributed by atoms with van der Waals surface area (Å²) in [6.45, 7) is 1.76. The minimum atomic E-state index is -0.923. The first kappa shape index (κ1) is 18.6. The molecule has 0 bridgehead atoms. The number of benzene rings is 1. The van der Waals surface area contributed by atoms with Gasteiger partial charge in [-0.25, -0.2) is 0 Å². The standard InChI is InChI=1S/C20H20N2O5/c1-13(23)14-2-4-16(5-3-14)27-12-19(24)22-10-17(18(11-22)20(25)26)15-6-8-21-9-7-15/h2-9,17-18H,10-12H2,1H3,(H,25,26)/t17-,18+/m1/s1. The van der Waals surface area contributed by atoms with E-state index in [-0.39, 0.29) is 30.8 Å². The maximum atomic E-state index is 12.5. The number of ether oxygens (including phenoxy) is 1. The molecule has 0 aliphatic carbocycles. The van der Waals surface area contributed by atoms with Crippen LogP contribution in [0, 0.1) is 5.92 Å². The number of carboxylic acid groups (broad SMARTS) is 1. The van der Waals surface area contributed by atoms with E-state index in [2.05, 4.69) is 4.98 Å². The fraction of sp³-hybridized carbons (Fsp3) is 0.300. The highest BCUT2D eigenvalue weighted by molar-refractivity contribution is 5.94. The zero-order valence-corrected chi connectivity index (χ0v) is 14.9. The number of rotatable bonds is 6. The van der Waals surface area contributed by atoms with E-state index in [0.29, 0.717) is 17.9 Å². The maximum absolute atomic E-state index is 12.5. The van der Waals surface area contributed by atoms with Gasteiger partial charge in [0, 0.05) is 37.0 Å². The van der Waals surface area contributed by atoms with E-state index in [9.17, 15) is 19.5 Å². The van der Waals surface area contributed by atoms with Gasteiger partial charge < -0.3 is 14.7 Å². The Balaban J connectivity index is 1.63. The van der Waals surface area contributed by atoms with Gasteiger partial charge in [0.25, 0.3) is 5.91 Å². The van der Waals surface area contributed by atoms with Crippen molar-refractivity contribution in [3.05, 3.63) is 59.9 Å². The van der Waals surface area contributed by atoms with Crippen LogP contribution in [0.5, 0.6) is 5.75 Å². The molecule has 7 heteroatoms. The number of hydrogen-bond acceptors (Lipinski definition) is 5. The van der Waals surface area contributed by atoms with Crippen molar-refractivity contribution < 1.29 is 24.2 Å². The molecule has 1 aliphatic heterocycles. The smallest absolute Gasteiger partial charge is 0.308 e. The lowest BCUT2D eigenvalue weighted by Gasteiger charge is -2.17. The van der Waals surface area contributed by atoms with Crippen molar-refractivity contribution in [1.29, 1.82) is 0 Å². The third-order valence-corrected chi connectivity index (χ3v) is 4.75. The maximum Gasteiger partial charge on any atom is 0.308 e. The predicted octanol–water partition coefficient (Wildman–Crippen LogP) is 1.99. The number of amides is 1. The van der Waals surface area contributed by atoms with Gasteiger partial charge in [0.2, 0.25) is 0 Å². The first-order valence-corrected chi connectivity index (χ1v) is 8.60. The molecule has 27 heavy (non-hydrogen) atoms. The van der Waals surface area contributed by atoms with Gasteiger partial charge in [-0.1, -0.05) is 0 Å². The monoisotopic (exact) mass is 368 g/mol. The van der Waals surface area contributed by atoms with Gasteiger partial charge in [-0.05, 0) is 48.9 Å². The third kappa shape index (κ3) is 4.31. The highest BCUT2D eigenvalue weighted by Gasteiger charge is 2.40. The Morgan fingerprint density at radius 3 is 2.37 bits per heavy atom. The number of carboxylic acids is 1. The van der Waals surface area contributed by atoms with Gasteiger partial charge in [-0.3, -0.25) is 19.4 Å². The van der Waals surface area contributed by atoms with Gasteiger partial charge in [0.1, 0.15) is 5.75 Å². The molecular weight excluding hydrogens is 348 g/mol. The molecule has 1 aromatic carbocycles. The summed E-state index contributed by atoms with van der Waals surface area (Å²) in [5.41, 5.74) is 1.42. The number of Topliss-reactive ketones (excluding diaryl/α,β-unsaturated/α-hetero) is 1. The van der Waals surface area contributed by atoms with Crippen molar-refractivity contribution >= 4 is 17.7 Å². The van der Waals surface area contributed by atoms with Crippen LogP contribution in [-0.4, -0.2) is 52.3 Å². The van der Waals surface area contributed by atoms with E-state index in [1.54, 1.807) is 48.8 Å². The predicted molar refractivity (Wildman–Crippen MR) is 96.6 cm³/mol. The molecule has 1 aromatic heterocycles. The molecule has 2 aromatic rings. The molecule has 3 rings (SSSR count). The van der Waals surface area contributed by atoms with E-state index in [0.717, 1.165) is 5.56 Å². The largest absolute Gasteiger partial charge is 0.484 e. The minimum Gasteiger partial charge on any atom is -0.484 e. The molecule has 7 nitrogen and oxygen atoms in total. The van der Waals surface area contributed by atoms with E-state index < -0.39 is 11.9 Å². The van der Waals surface area contributed by atoms with Crippen LogP contribution in [0.2, 0.25) is 0 Å². The number of aliphatic carboxylic acids is 1. The second-order valence-electron chi connectivity index (χ2n) is 6.50. The van der Waals surface area contributed by atoms with E-state index in [1.807, 2.05) is 0 Å². The summed E-state index contributed by atoms with van der Waals surface area (Å²) in [5.74, 6) is -1.69. The molecule has 140 valence electrons. The molecule has 1 saturated heterocycles. The Morgan fingerprint density at radius 2 is 1.78 bits per heavy atom. The molecule has 0 radical (unpaired) electrons. The summed E-state index contributed by atoms with van der Waals surface area (Å²) in [4.78, 5) is 40.8. The zero-order valence-electron chi connectivity index (χ0n) is 14.9. The highest BCUT2D eigenvalue weighted by Crippen LogP contribution is 2.32. The number of likely N-dealkylation sites (tertiary alicyclic amines) is 1. The Bertz CT molecular complexity index is 835. The van der Waals surface area contributed by atoms with Crippen molar-refractivity contribution in [2.24, 2.45) is 5.92 Å². The van der Waals surface area contributed by atoms with Crippen LogP contribution in [0.15, 0.2) is 48.8 Å². The van der Waals surface area contributed by atoms with Crippen molar-refractivity contribution in [3.8, 4) is 5.75 Å². The van der Waals surface area contributed by atoms with E-state index in [1.165, 1.54) is 11.8 Å². The lowest BCUT2D eigenvalue weighted by atomic mass is 9.90. The number of nitrogens with zero attached hydrogens (tertiary/aromatic N) is 2. The Hall–Kier alpha value is -3.22. The van der Waals surface area contributed by atoms with Crippen LogP contribution in [0.1, 0.15) is 28.8 Å². The fourth-order valence-corrected chi connectivity index (χ4v) is 3.23. The Labute approximate surface area is 156 Å². The average molecular weight is 368 g/mol. The van der Waals surface area contributed by atoms with Crippen LogP contribution in [0.4, 0.5) is 0 Å². The molecule has 1 N–H and O–H groups in total. The molecule has 2 heterocycles. The molecule has 1 amide bonds. The topological polar surface area (TPSA) is 96.8 Å². The second kappa shape index (κ2) is 7.99. The summed E-state index contributed by atoms with van der Waals surface area (Å²) in [6, 6.07) is 10.1. The zero-order chi connectivity index (χ0) is 19.4. The van der Waals surface area contributed by atoms with E-state index in [4.69, 9.17) is 4.74 Å². The van der Waals surface area contributed by atoms with Gasteiger partial charge in [0.05, 0.1) is 5.92 Å². The summed E-state index contributed by atoms with van der Waals surface area (Å²) in [7, 11) is 0. The quantitative estimate of drug-likeness (QED) is 0.783. The van der Waals surface area contributed by atoms with Crippen LogP contribution >= 0.6 is 0 Å². The molecular formula is C20H20N2O5. The van der Waals surface area contributed by atoms with Crippen molar-refractivity contribution in [3.63, 3.8) is 0 Å². The minimum absolute atomic E-state index is 0.0449. The number of ketones is 1. The Morgan fingerprint density at radius 1 is 1.11 bits per heavy atom. The van der Waals surface area contributed by atoms with Crippen LogP contribution < -0.4 is 4.74 Å². The fourth-order valence-electron chi connectivity index (χ4n) is 3.23. The van der Waals surface area contributed by atoms with E-state index >= 15 is 0 Å². The Kier molecular flexibility index (Phi) is 5.49. The second-order valence-corrected chi connectivity index (χ2v) is 6.50. The summed E-state index contributed by atoms with van der Waals surface area (Å²) >= 11 is 0. The van der Waals surface area contributed by atoms with Gasteiger partial charge >= 0.3 is 5.97 Å². The van der Waals surface area contributed by atoms with Crippen molar-refractivity contribution in [1.82, 2.24) is 9.88 Å². The molecule has 0 spiro atoms. The van der Waals surface area contributed by atoms with Crippen LogP contribution in [0.25, 0.3) is 0 Å². The number of carbonyl (C=O) groups is 3. The number of hydrogen-bond donors (Lipinski definition) is 1. The number of carbonyl (C=O) groups excluding carboxylic acids is 2. The molecule has 1 fully saturated rings. The third-order valence-electron chi connectivity index (χ3n) is 4.75. The molecule has 1 aliphatic rings. The molecule has 0 saturated carbocycles. The van der Waals surface area contributed by atoms with Gasteiger partial charge in [-0.2, -0.15) is 0 Å². The number of aromatic nitrogens is 1. The summed E-state index contributed by atoms with van der Waals surface area (Å²) < 4.78 is 5.49. The summed E-state index contributed by atoms with van der Waals surface area (Å²) in [5, 5.41) is 9.51. The lowest BCUT2D eigenvalue weighted by Crippen LogP contribution is -2.33.